The highest BCUT2D eigenvalue weighted by Crippen LogP contribution is 2.26. The van der Waals surface area contributed by atoms with Crippen LogP contribution in [0.5, 0.6) is 0 Å². The highest BCUT2D eigenvalue weighted by molar-refractivity contribution is 5.25. The topological polar surface area (TPSA) is 41.9 Å². The van der Waals surface area contributed by atoms with Crippen molar-refractivity contribution in [2.75, 3.05) is 33.6 Å². The van der Waals surface area contributed by atoms with E-state index in [0.29, 0.717) is 6.79 Å². The number of benzene rings is 1. The number of likely N-dealkylation sites (tertiary alicyclic amines) is 1. The summed E-state index contributed by atoms with van der Waals surface area (Å²) in [6.07, 6.45) is 1.20. The van der Waals surface area contributed by atoms with Crippen LogP contribution >= 0.6 is 0 Å². The number of methoxy groups -OCH3 is 1. The van der Waals surface area contributed by atoms with Gasteiger partial charge in [0.1, 0.15) is 6.79 Å². The minimum atomic E-state index is 0.0658. The second-order valence-electron chi connectivity index (χ2n) is 5.09. The normalized spacial score (nSPS) is 21.7. The lowest BCUT2D eigenvalue weighted by Gasteiger charge is -2.26. The van der Waals surface area contributed by atoms with Crippen LogP contribution in [0.15, 0.2) is 24.3 Å². The first kappa shape index (κ1) is 14.5. The van der Waals surface area contributed by atoms with Gasteiger partial charge in [0, 0.05) is 20.2 Å². The molecule has 1 aliphatic heterocycles. The van der Waals surface area contributed by atoms with Gasteiger partial charge in [0.25, 0.3) is 0 Å². The Morgan fingerprint density at radius 2 is 2.32 bits per heavy atom. The molecule has 2 rings (SSSR count). The van der Waals surface area contributed by atoms with Gasteiger partial charge >= 0.3 is 0 Å². The number of aryl methyl sites for hydroxylation is 1. The number of nitrogens with zero attached hydrogens (tertiary/aromatic N) is 1. The number of hydrogen-bond donors (Lipinski definition) is 1. The van der Waals surface area contributed by atoms with Crippen molar-refractivity contribution >= 4 is 0 Å². The first-order chi connectivity index (χ1) is 9.24. The molecule has 0 bridgehead atoms. The van der Waals surface area contributed by atoms with E-state index in [0.717, 1.165) is 19.5 Å². The zero-order valence-electron chi connectivity index (χ0n) is 11.7. The summed E-state index contributed by atoms with van der Waals surface area (Å²) >= 11 is 0. The lowest BCUT2D eigenvalue weighted by Crippen LogP contribution is -2.30. The van der Waals surface area contributed by atoms with Gasteiger partial charge in [0.15, 0.2) is 0 Å². The van der Waals surface area contributed by atoms with E-state index in [9.17, 15) is 5.11 Å². The number of rotatable bonds is 6. The molecule has 0 spiro atoms. The molecule has 4 heteroatoms. The van der Waals surface area contributed by atoms with E-state index in [1.165, 1.54) is 11.1 Å². The van der Waals surface area contributed by atoms with E-state index >= 15 is 0 Å². The summed E-state index contributed by atoms with van der Waals surface area (Å²) in [5.41, 5.74) is 2.40. The zero-order chi connectivity index (χ0) is 13.7. The lowest BCUT2D eigenvalue weighted by atomic mass is 10.0. The summed E-state index contributed by atoms with van der Waals surface area (Å²) in [5, 5.41) is 9.69. The van der Waals surface area contributed by atoms with Gasteiger partial charge in [0.2, 0.25) is 0 Å². The largest absolute Gasteiger partial charge is 0.394 e. The molecule has 1 fully saturated rings. The molecule has 106 valence electrons. The lowest BCUT2D eigenvalue weighted by molar-refractivity contribution is -0.0684. The van der Waals surface area contributed by atoms with Crippen LogP contribution in [0.4, 0.5) is 0 Å². The van der Waals surface area contributed by atoms with E-state index < -0.39 is 0 Å². The molecule has 1 aromatic carbocycles. The molecule has 1 N–H and O–H groups in total. The highest BCUT2D eigenvalue weighted by Gasteiger charge is 2.29. The molecule has 0 aliphatic carbocycles. The van der Waals surface area contributed by atoms with Crippen molar-refractivity contribution in [1.82, 2.24) is 4.90 Å². The molecule has 1 aliphatic rings. The number of aliphatic hydroxyl groups excluding tert-OH is 1. The molecule has 0 aromatic heterocycles. The predicted molar refractivity (Wildman–Crippen MR) is 73.9 cm³/mol. The summed E-state index contributed by atoms with van der Waals surface area (Å²) < 4.78 is 10.5. The monoisotopic (exact) mass is 265 g/mol. The molecule has 0 unspecified atom stereocenters. The molecule has 1 saturated heterocycles. The van der Waals surface area contributed by atoms with Crippen molar-refractivity contribution in [1.29, 1.82) is 0 Å². The summed E-state index contributed by atoms with van der Waals surface area (Å²) in [6.45, 7) is 4.36. The zero-order valence-corrected chi connectivity index (χ0v) is 11.7. The fraction of sp³-hybridized carbons (Fsp3) is 0.600. The van der Waals surface area contributed by atoms with Crippen LogP contribution < -0.4 is 0 Å². The molecule has 1 heterocycles. The second kappa shape index (κ2) is 7.01. The number of aliphatic hydroxyl groups is 1. The number of ether oxygens (including phenoxy) is 2. The van der Waals surface area contributed by atoms with Crippen LogP contribution in [0.2, 0.25) is 0 Å². The smallest absolute Gasteiger partial charge is 0.146 e. The molecular formula is C15H23NO3. The van der Waals surface area contributed by atoms with Crippen LogP contribution in [0.3, 0.4) is 0 Å². The van der Waals surface area contributed by atoms with Crippen molar-refractivity contribution in [3.05, 3.63) is 35.4 Å². The van der Waals surface area contributed by atoms with Gasteiger partial charge < -0.3 is 14.6 Å². The average molecular weight is 265 g/mol. The molecule has 2 atom stereocenters. The predicted octanol–water partition coefficient (Wildman–Crippen LogP) is 1.72. The Hall–Kier alpha value is -0.940. The van der Waals surface area contributed by atoms with Gasteiger partial charge in [-0.3, -0.25) is 4.90 Å². The van der Waals surface area contributed by atoms with E-state index in [4.69, 9.17) is 9.47 Å². The van der Waals surface area contributed by atoms with Gasteiger partial charge in [-0.1, -0.05) is 29.8 Å². The SMILES string of the molecule is COCO[C@H]1CCN([C@@H](CO)c2cccc(C)c2)C1. The Kier molecular flexibility index (Phi) is 5.34. The van der Waals surface area contributed by atoms with Crippen LogP contribution in [0.25, 0.3) is 0 Å². The van der Waals surface area contributed by atoms with Gasteiger partial charge in [-0.25, -0.2) is 0 Å². The third kappa shape index (κ3) is 3.76. The van der Waals surface area contributed by atoms with Crippen molar-refractivity contribution in [2.45, 2.75) is 25.5 Å². The maximum absolute atomic E-state index is 9.69. The van der Waals surface area contributed by atoms with E-state index in [-0.39, 0.29) is 18.8 Å². The maximum atomic E-state index is 9.69. The summed E-state index contributed by atoms with van der Waals surface area (Å²) in [7, 11) is 1.63. The summed E-state index contributed by atoms with van der Waals surface area (Å²) in [5.74, 6) is 0. The van der Waals surface area contributed by atoms with Crippen molar-refractivity contribution < 1.29 is 14.6 Å². The Labute approximate surface area is 114 Å². The molecule has 0 amide bonds. The first-order valence-corrected chi connectivity index (χ1v) is 6.76. The fourth-order valence-corrected chi connectivity index (χ4v) is 2.65. The van der Waals surface area contributed by atoms with Crippen molar-refractivity contribution in [3.63, 3.8) is 0 Å². The number of hydrogen-bond acceptors (Lipinski definition) is 4. The Balaban J connectivity index is 1.99. The van der Waals surface area contributed by atoms with E-state index in [1.807, 2.05) is 6.07 Å². The van der Waals surface area contributed by atoms with Crippen molar-refractivity contribution in [3.8, 4) is 0 Å². The van der Waals surface area contributed by atoms with Gasteiger partial charge in [-0.2, -0.15) is 0 Å². The second-order valence-corrected chi connectivity index (χ2v) is 5.09. The average Bonchev–Trinajstić information content (AvgIpc) is 2.86. The molecule has 1 aromatic rings. The highest BCUT2D eigenvalue weighted by atomic mass is 16.7. The molecule has 4 nitrogen and oxygen atoms in total. The Bertz CT molecular complexity index is 397. The van der Waals surface area contributed by atoms with Gasteiger partial charge in [0.05, 0.1) is 18.8 Å². The third-order valence-electron chi connectivity index (χ3n) is 3.64. The van der Waals surface area contributed by atoms with E-state index in [2.05, 4.69) is 30.0 Å². The quantitative estimate of drug-likeness (QED) is 0.795. The third-order valence-corrected chi connectivity index (χ3v) is 3.64. The molecule has 19 heavy (non-hydrogen) atoms. The molecule has 0 saturated carbocycles. The van der Waals surface area contributed by atoms with Crippen LogP contribution in [0, 0.1) is 6.92 Å². The fourth-order valence-electron chi connectivity index (χ4n) is 2.65. The minimum Gasteiger partial charge on any atom is -0.394 e. The van der Waals surface area contributed by atoms with Crippen molar-refractivity contribution in [2.24, 2.45) is 0 Å². The van der Waals surface area contributed by atoms with Crippen LogP contribution in [-0.2, 0) is 9.47 Å². The van der Waals surface area contributed by atoms with E-state index in [1.54, 1.807) is 7.11 Å². The standard InChI is InChI=1S/C15H23NO3/c1-12-4-3-5-13(8-12)15(10-17)16-7-6-14(9-16)19-11-18-2/h3-5,8,14-15,17H,6-7,9-11H2,1-2H3/t14-,15-/m0/s1. The Morgan fingerprint density at radius 1 is 1.47 bits per heavy atom. The van der Waals surface area contributed by atoms with Crippen LogP contribution in [-0.4, -0.2) is 49.7 Å². The first-order valence-electron chi connectivity index (χ1n) is 6.76. The summed E-state index contributed by atoms with van der Waals surface area (Å²) in [6, 6.07) is 8.41. The minimum absolute atomic E-state index is 0.0658. The summed E-state index contributed by atoms with van der Waals surface area (Å²) in [4.78, 5) is 2.29. The molecule has 0 radical (unpaired) electrons. The van der Waals surface area contributed by atoms with Gasteiger partial charge in [-0.05, 0) is 18.9 Å². The Morgan fingerprint density at radius 3 is 3.00 bits per heavy atom. The van der Waals surface area contributed by atoms with Crippen LogP contribution in [0.1, 0.15) is 23.6 Å². The maximum Gasteiger partial charge on any atom is 0.146 e. The molecular weight excluding hydrogens is 242 g/mol. The van der Waals surface area contributed by atoms with Gasteiger partial charge in [-0.15, -0.1) is 0 Å².